The molecular formula is C19H21N3O5S. The number of anilines is 1. The van der Waals surface area contributed by atoms with E-state index in [0.29, 0.717) is 5.56 Å². The molecule has 2 N–H and O–H groups in total. The summed E-state index contributed by atoms with van der Waals surface area (Å²) >= 11 is 0. The lowest BCUT2D eigenvalue weighted by Crippen LogP contribution is -2.36. The second kappa shape index (κ2) is 8.39. The number of non-ortho nitro benzene ring substituents is 1. The average Bonchev–Trinajstić information content (AvgIpc) is 2.69. The minimum atomic E-state index is -3.98. The fourth-order valence-corrected chi connectivity index (χ4v) is 4.28. The minimum Gasteiger partial charge on any atom is -0.349 e. The smallest absolute Gasteiger partial charge is 0.270 e. The van der Waals surface area contributed by atoms with Gasteiger partial charge in [0.15, 0.2) is 0 Å². The summed E-state index contributed by atoms with van der Waals surface area (Å²) < 4.78 is 27.3. The quantitative estimate of drug-likeness (QED) is 0.566. The van der Waals surface area contributed by atoms with E-state index in [2.05, 4.69) is 10.0 Å². The van der Waals surface area contributed by atoms with Crippen LogP contribution >= 0.6 is 0 Å². The Labute approximate surface area is 163 Å². The van der Waals surface area contributed by atoms with Crippen LogP contribution in [0.2, 0.25) is 0 Å². The molecule has 3 rings (SSSR count). The molecule has 0 heterocycles. The number of nitrogens with zero attached hydrogens (tertiary/aromatic N) is 1. The summed E-state index contributed by atoms with van der Waals surface area (Å²) in [7, 11) is -3.98. The molecule has 0 spiro atoms. The number of rotatable bonds is 6. The molecule has 0 bridgehead atoms. The Morgan fingerprint density at radius 1 is 1.04 bits per heavy atom. The van der Waals surface area contributed by atoms with Gasteiger partial charge in [0.25, 0.3) is 21.6 Å². The highest BCUT2D eigenvalue weighted by Crippen LogP contribution is 2.21. The Bertz CT molecular complexity index is 967. The number of hydrogen-bond acceptors (Lipinski definition) is 5. The fraction of sp³-hybridized carbons (Fsp3) is 0.316. The van der Waals surface area contributed by atoms with Crippen LogP contribution in [-0.4, -0.2) is 25.3 Å². The van der Waals surface area contributed by atoms with E-state index in [4.69, 9.17) is 0 Å². The van der Waals surface area contributed by atoms with Gasteiger partial charge in [-0.2, -0.15) is 0 Å². The van der Waals surface area contributed by atoms with Crippen molar-refractivity contribution < 1.29 is 18.1 Å². The second-order valence-electron chi connectivity index (χ2n) is 6.75. The van der Waals surface area contributed by atoms with Crippen LogP contribution in [0.1, 0.15) is 42.5 Å². The van der Waals surface area contributed by atoms with Gasteiger partial charge in [-0.25, -0.2) is 8.42 Å². The summed E-state index contributed by atoms with van der Waals surface area (Å²) in [4.78, 5) is 22.3. The van der Waals surface area contributed by atoms with Crippen LogP contribution in [0.3, 0.4) is 0 Å². The van der Waals surface area contributed by atoms with Gasteiger partial charge in [0.05, 0.1) is 9.82 Å². The lowest BCUT2D eigenvalue weighted by atomic mass is 9.95. The molecule has 0 atom stereocenters. The van der Waals surface area contributed by atoms with E-state index in [-0.39, 0.29) is 28.2 Å². The highest BCUT2D eigenvalue weighted by Gasteiger charge is 2.19. The molecule has 2 aromatic carbocycles. The van der Waals surface area contributed by atoms with Crippen LogP contribution in [0, 0.1) is 10.1 Å². The molecule has 1 saturated carbocycles. The number of carbonyl (C=O) groups is 1. The van der Waals surface area contributed by atoms with Gasteiger partial charge in [-0.15, -0.1) is 0 Å². The van der Waals surface area contributed by atoms with E-state index in [1.54, 1.807) is 12.1 Å². The SMILES string of the molecule is O=C(NC1CCCCC1)c1ccc(NS(=O)(=O)c2cccc([N+](=O)[O-])c2)cc1. The predicted octanol–water partition coefficient (Wildman–Crippen LogP) is 3.46. The molecule has 9 heteroatoms. The molecule has 1 aliphatic rings. The predicted molar refractivity (Wildman–Crippen MR) is 105 cm³/mol. The summed E-state index contributed by atoms with van der Waals surface area (Å²) in [6.07, 6.45) is 5.39. The van der Waals surface area contributed by atoms with E-state index in [1.807, 2.05) is 0 Å². The number of sulfonamides is 1. The van der Waals surface area contributed by atoms with Crippen molar-refractivity contribution in [2.75, 3.05) is 4.72 Å². The summed E-state index contributed by atoms with van der Waals surface area (Å²) in [6.45, 7) is 0. The van der Waals surface area contributed by atoms with Crippen LogP contribution < -0.4 is 10.0 Å². The first-order valence-electron chi connectivity index (χ1n) is 9.03. The summed E-state index contributed by atoms with van der Waals surface area (Å²) in [5.41, 5.74) is 0.405. The molecule has 1 aliphatic carbocycles. The van der Waals surface area contributed by atoms with Crippen LogP contribution in [0.5, 0.6) is 0 Å². The molecular weight excluding hydrogens is 382 g/mol. The normalized spacial score (nSPS) is 15.0. The average molecular weight is 403 g/mol. The molecule has 2 aromatic rings. The van der Waals surface area contributed by atoms with Gasteiger partial charge in [0.1, 0.15) is 0 Å². The van der Waals surface area contributed by atoms with Crippen molar-refractivity contribution in [1.29, 1.82) is 0 Å². The Hall–Kier alpha value is -2.94. The van der Waals surface area contributed by atoms with Crippen LogP contribution in [0.25, 0.3) is 0 Å². The maximum absolute atomic E-state index is 12.4. The van der Waals surface area contributed by atoms with E-state index >= 15 is 0 Å². The Morgan fingerprint density at radius 2 is 1.71 bits per heavy atom. The first kappa shape index (κ1) is 19.8. The first-order valence-corrected chi connectivity index (χ1v) is 10.5. The van der Waals surface area contributed by atoms with E-state index < -0.39 is 14.9 Å². The van der Waals surface area contributed by atoms with Gasteiger partial charge >= 0.3 is 0 Å². The Kier molecular flexibility index (Phi) is 5.93. The largest absolute Gasteiger partial charge is 0.349 e. The molecule has 0 radical (unpaired) electrons. The zero-order chi connectivity index (χ0) is 20.1. The van der Waals surface area contributed by atoms with Crippen molar-refractivity contribution in [3.05, 3.63) is 64.2 Å². The van der Waals surface area contributed by atoms with Crippen molar-refractivity contribution in [2.45, 2.75) is 43.0 Å². The maximum atomic E-state index is 12.4. The topological polar surface area (TPSA) is 118 Å². The molecule has 1 amide bonds. The number of carbonyl (C=O) groups excluding carboxylic acids is 1. The third-order valence-corrected chi connectivity index (χ3v) is 6.06. The standard InChI is InChI=1S/C19H21N3O5S/c23-19(20-15-5-2-1-3-6-15)14-9-11-16(12-10-14)21-28(26,27)18-8-4-7-17(13-18)22(24)25/h4,7-13,15,21H,1-3,5-6H2,(H,20,23). The summed E-state index contributed by atoms with van der Waals surface area (Å²) in [5, 5.41) is 13.8. The molecule has 1 fully saturated rings. The molecule has 0 aliphatic heterocycles. The van der Waals surface area contributed by atoms with Crippen LogP contribution in [-0.2, 0) is 10.0 Å². The Balaban J connectivity index is 1.68. The van der Waals surface area contributed by atoms with Crippen molar-refractivity contribution in [2.24, 2.45) is 0 Å². The number of amides is 1. The van der Waals surface area contributed by atoms with Crippen LogP contribution in [0.15, 0.2) is 53.4 Å². The minimum absolute atomic E-state index is 0.181. The van der Waals surface area contributed by atoms with Gasteiger partial charge in [0.2, 0.25) is 0 Å². The highest BCUT2D eigenvalue weighted by molar-refractivity contribution is 7.92. The van der Waals surface area contributed by atoms with E-state index in [0.717, 1.165) is 31.7 Å². The molecule has 148 valence electrons. The molecule has 8 nitrogen and oxygen atoms in total. The van der Waals surface area contributed by atoms with E-state index in [9.17, 15) is 23.3 Å². The summed E-state index contributed by atoms with van der Waals surface area (Å²) in [5.74, 6) is -0.181. The molecule has 0 aromatic heterocycles. The molecule has 0 unspecified atom stereocenters. The number of nitro groups is 1. The van der Waals surface area contributed by atoms with Gasteiger partial charge in [-0.3, -0.25) is 19.6 Å². The monoisotopic (exact) mass is 403 g/mol. The van der Waals surface area contributed by atoms with Crippen molar-refractivity contribution in [1.82, 2.24) is 5.32 Å². The third kappa shape index (κ3) is 4.86. The van der Waals surface area contributed by atoms with Crippen molar-refractivity contribution in [3.8, 4) is 0 Å². The first-order chi connectivity index (χ1) is 13.3. The summed E-state index contributed by atoms with van der Waals surface area (Å²) in [6, 6.07) is 11.1. The lowest BCUT2D eigenvalue weighted by Gasteiger charge is -2.22. The second-order valence-corrected chi connectivity index (χ2v) is 8.43. The van der Waals surface area contributed by atoms with Gasteiger partial charge in [-0.1, -0.05) is 25.3 Å². The fourth-order valence-electron chi connectivity index (χ4n) is 3.18. The van der Waals surface area contributed by atoms with Gasteiger partial charge < -0.3 is 5.32 Å². The molecule has 28 heavy (non-hydrogen) atoms. The van der Waals surface area contributed by atoms with Crippen molar-refractivity contribution in [3.63, 3.8) is 0 Å². The lowest BCUT2D eigenvalue weighted by molar-refractivity contribution is -0.385. The van der Waals surface area contributed by atoms with E-state index in [1.165, 1.54) is 36.8 Å². The number of nitro benzene ring substituents is 1. The van der Waals surface area contributed by atoms with Crippen LogP contribution in [0.4, 0.5) is 11.4 Å². The van der Waals surface area contributed by atoms with Gasteiger partial charge in [0, 0.05) is 29.4 Å². The number of benzene rings is 2. The highest BCUT2D eigenvalue weighted by atomic mass is 32.2. The Morgan fingerprint density at radius 3 is 2.36 bits per heavy atom. The van der Waals surface area contributed by atoms with Crippen molar-refractivity contribution >= 4 is 27.3 Å². The zero-order valence-corrected chi connectivity index (χ0v) is 15.9. The van der Waals surface area contributed by atoms with Gasteiger partial charge in [-0.05, 0) is 43.2 Å². The maximum Gasteiger partial charge on any atom is 0.270 e. The number of hydrogen-bond donors (Lipinski definition) is 2. The zero-order valence-electron chi connectivity index (χ0n) is 15.1. The molecule has 0 saturated heterocycles. The number of nitrogens with one attached hydrogen (secondary N) is 2. The third-order valence-electron chi connectivity index (χ3n) is 4.68.